The number of nitrogens with one attached hydrogen (secondary N) is 3. The predicted octanol–water partition coefficient (Wildman–Crippen LogP) is 0.324. The van der Waals surface area contributed by atoms with Crippen molar-refractivity contribution in [2.45, 2.75) is 80.8 Å². The van der Waals surface area contributed by atoms with Crippen molar-refractivity contribution in [1.29, 1.82) is 0 Å². The third-order valence-corrected chi connectivity index (χ3v) is 7.68. The second-order valence-corrected chi connectivity index (χ2v) is 10.2. The lowest BCUT2D eigenvalue weighted by Gasteiger charge is -2.56. The molecule has 37 heavy (non-hydrogen) atoms. The summed E-state index contributed by atoms with van der Waals surface area (Å²) in [6, 6.07) is 12.2. The molecular weight excluding hydrogens is 476 g/mol. The highest BCUT2D eigenvalue weighted by Crippen LogP contribution is 2.41. The van der Waals surface area contributed by atoms with E-state index in [0.29, 0.717) is 18.5 Å². The summed E-state index contributed by atoms with van der Waals surface area (Å²) in [6.45, 7) is 1.87. The topological polar surface area (TPSA) is 134 Å². The summed E-state index contributed by atoms with van der Waals surface area (Å²) in [6.07, 6.45) is -0.492. The molecule has 1 aromatic carbocycles. The van der Waals surface area contributed by atoms with Gasteiger partial charge in [0.05, 0.1) is 36.8 Å². The fraction of sp³-hybridized carbons (Fsp3) is 0.556. The molecular formula is C27H36N4O6. The van der Waals surface area contributed by atoms with Crippen LogP contribution in [0, 0.1) is 0 Å². The first kappa shape index (κ1) is 26.2. The van der Waals surface area contributed by atoms with Gasteiger partial charge in [0.15, 0.2) is 0 Å². The van der Waals surface area contributed by atoms with Crippen molar-refractivity contribution in [3.63, 3.8) is 0 Å². The van der Waals surface area contributed by atoms with E-state index in [0.717, 1.165) is 11.1 Å². The van der Waals surface area contributed by atoms with Gasteiger partial charge < -0.3 is 40.4 Å². The maximum atomic E-state index is 13.0. The Hall–Kier alpha value is -2.44. The molecule has 10 nitrogen and oxygen atoms in total. The first-order valence-corrected chi connectivity index (χ1v) is 12.9. The van der Waals surface area contributed by atoms with Crippen molar-refractivity contribution in [1.82, 2.24) is 20.9 Å². The Kier molecular flexibility index (Phi) is 7.60. The van der Waals surface area contributed by atoms with E-state index in [2.05, 4.69) is 20.9 Å². The van der Waals surface area contributed by atoms with Gasteiger partial charge in [0.25, 0.3) is 0 Å². The highest BCUT2D eigenvalue weighted by molar-refractivity contribution is 5.78. The summed E-state index contributed by atoms with van der Waals surface area (Å²) in [7, 11) is 3.52. The number of aromatic nitrogens is 1. The normalized spacial score (nSPS) is 37.3. The number of carbonyl (C=O) groups is 1. The van der Waals surface area contributed by atoms with E-state index in [1.165, 1.54) is 0 Å². The zero-order valence-corrected chi connectivity index (χ0v) is 21.3. The van der Waals surface area contributed by atoms with Gasteiger partial charge in [-0.1, -0.05) is 36.4 Å². The van der Waals surface area contributed by atoms with Gasteiger partial charge in [-0.3, -0.25) is 9.78 Å². The molecule has 1 aliphatic carbocycles. The van der Waals surface area contributed by atoms with Crippen LogP contribution in [0.1, 0.15) is 25.5 Å². The molecule has 2 saturated heterocycles. The Balaban J connectivity index is 1.29. The molecule has 3 heterocycles. The van der Waals surface area contributed by atoms with Crippen LogP contribution in [0.15, 0.2) is 48.7 Å². The number of carbonyl (C=O) groups excluding carboxylic acids is 1. The Morgan fingerprint density at radius 2 is 1.86 bits per heavy atom. The summed E-state index contributed by atoms with van der Waals surface area (Å²) in [5, 5.41) is 31.6. The lowest BCUT2D eigenvalue weighted by molar-refractivity contribution is -0.442. The molecule has 5 rings (SSSR count). The van der Waals surface area contributed by atoms with E-state index in [9.17, 15) is 15.0 Å². The summed E-state index contributed by atoms with van der Waals surface area (Å²) >= 11 is 0. The number of hydrogen-bond acceptors (Lipinski definition) is 9. The molecule has 3 fully saturated rings. The molecule has 1 amide bonds. The van der Waals surface area contributed by atoms with Gasteiger partial charge in [0.2, 0.25) is 18.0 Å². The summed E-state index contributed by atoms with van der Waals surface area (Å²) in [5.74, 6) is -2.20. The standard InChI is InChI=1S/C27H36N4O6/c1-15-11-21(31-22(32)12-18-10-9-17(14-30-18)16-7-5-4-6-8-16)27(34)26(35-15)36-20-13-19(28-2)24(33)23(29-3)25(20)37-27/h4-10,14-15,19-21,23-26,28-29,33-34H,11-13H2,1-3H3,(H,31,32)/t15-,19+,20?,21-,23+,24+,25?,26?,27+/m1/s1. The van der Waals surface area contributed by atoms with Crippen LogP contribution in [0.25, 0.3) is 11.1 Å². The number of ether oxygens (including phenoxy) is 3. The SMILES string of the molecule is CN[C@H]1CC2OC3O[C@H](C)C[C@@H](NC(=O)Cc4ccc(-c5ccccc5)cn4)[C@]3(O)OC2[C@@H](NC)[C@H]1O. The minimum absolute atomic E-state index is 0.0518. The van der Waals surface area contributed by atoms with E-state index in [1.54, 1.807) is 20.3 Å². The average Bonchev–Trinajstić information content (AvgIpc) is 2.89. The van der Waals surface area contributed by atoms with Gasteiger partial charge in [-0.15, -0.1) is 0 Å². The molecule has 5 N–H and O–H groups in total. The van der Waals surface area contributed by atoms with Gasteiger partial charge in [-0.25, -0.2) is 0 Å². The molecule has 0 bridgehead atoms. The van der Waals surface area contributed by atoms with Crippen molar-refractivity contribution in [2.75, 3.05) is 14.1 Å². The molecule has 1 saturated carbocycles. The minimum Gasteiger partial charge on any atom is -0.390 e. The van der Waals surface area contributed by atoms with Crippen LogP contribution in [0.5, 0.6) is 0 Å². The number of hydrogen-bond donors (Lipinski definition) is 5. The highest BCUT2D eigenvalue weighted by atomic mass is 16.8. The van der Waals surface area contributed by atoms with Gasteiger partial charge in [0, 0.05) is 23.5 Å². The lowest BCUT2D eigenvalue weighted by atomic mass is 9.81. The average molecular weight is 513 g/mol. The summed E-state index contributed by atoms with van der Waals surface area (Å²) < 4.78 is 18.4. The van der Waals surface area contributed by atoms with Gasteiger partial charge in [-0.2, -0.15) is 0 Å². The number of likely N-dealkylation sites (N-methyl/N-ethyl adjacent to an activating group) is 2. The Bertz CT molecular complexity index is 1070. The molecule has 9 atom stereocenters. The number of nitrogens with zero attached hydrogens (tertiary/aromatic N) is 1. The third kappa shape index (κ3) is 5.15. The Morgan fingerprint density at radius 1 is 1.08 bits per heavy atom. The van der Waals surface area contributed by atoms with E-state index in [1.807, 2.05) is 49.4 Å². The number of rotatable bonds is 6. The van der Waals surface area contributed by atoms with E-state index in [-0.39, 0.29) is 24.5 Å². The van der Waals surface area contributed by atoms with Crippen molar-refractivity contribution >= 4 is 5.91 Å². The molecule has 2 aliphatic heterocycles. The van der Waals surface area contributed by atoms with Crippen molar-refractivity contribution in [3.05, 3.63) is 54.4 Å². The first-order valence-electron chi connectivity index (χ1n) is 12.9. The fourth-order valence-corrected chi connectivity index (χ4v) is 5.68. The molecule has 0 spiro atoms. The van der Waals surface area contributed by atoms with E-state index in [4.69, 9.17) is 14.2 Å². The number of aliphatic hydroxyl groups excluding tert-OH is 1. The highest BCUT2D eigenvalue weighted by Gasteiger charge is 2.61. The molecule has 3 aliphatic rings. The van der Waals surface area contributed by atoms with Crippen LogP contribution in [-0.2, 0) is 25.4 Å². The monoisotopic (exact) mass is 512 g/mol. The molecule has 0 radical (unpaired) electrons. The number of benzene rings is 1. The van der Waals surface area contributed by atoms with Gasteiger partial charge in [-0.05, 0) is 45.5 Å². The summed E-state index contributed by atoms with van der Waals surface area (Å²) in [4.78, 5) is 17.5. The zero-order chi connectivity index (χ0) is 26.2. The van der Waals surface area contributed by atoms with Crippen molar-refractivity contribution < 1.29 is 29.2 Å². The predicted molar refractivity (Wildman–Crippen MR) is 135 cm³/mol. The molecule has 2 aromatic rings. The Morgan fingerprint density at radius 3 is 2.54 bits per heavy atom. The number of fused-ring (bicyclic) bond motifs is 2. The van der Waals surface area contributed by atoms with Crippen LogP contribution < -0.4 is 16.0 Å². The van der Waals surface area contributed by atoms with Crippen LogP contribution >= 0.6 is 0 Å². The lowest BCUT2D eigenvalue weighted by Crippen LogP contribution is -2.76. The third-order valence-electron chi connectivity index (χ3n) is 7.68. The number of aliphatic hydroxyl groups is 2. The fourth-order valence-electron chi connectivity index (χ4n) is 5.68. The van der Waals surface area contributed by atoms with Gasteiger partial charge in [0.1, 0.15) is 6.10 Å². The van der Waals surface area contributed by atoms with Crippen LogP contribution in [0.4, 0.5) is 0 Å². The van der Waals surface area contributed by atoms with E-state index >= 15 is 0 Å². The van der Waals surface area contributed by atoms with Crippen LogP contribution in [0.3, 0.4) is 0 Å². The van der Waals surface area contributed by atoms with Crippen LogP contribution in [0.2, 0.25) is 0 Å². The Labute approximate surface area is 216 Å². The second-order valence-electron chi connectivity index (χ2n) is 10.2. The van der Waals surface area contributed by atoms with Crippen molar-refractivity contribution in [3.8, 4) is 11.1 Å². The maximum absolute atomic E-state index is 13.0. The molecule has 200 valence electrons. The number of pyridine rings is 1. The maximum Gasteiger partial charge on any atom is 0.239 e. The second kappa shape index (κ2) is 10.7. The first-order chi connectivity index (χ1) is 17.8. The van der Waals surface area contributed by atoms with Gasteiger partial charge >= 0.3 is 0 Å². The number of amides is 1. The smallest absolute Gasteiger partial charge is 0.239 e. The minimum atomic E-state index is -1.91. The molecule has 3 unspecified atom stereocenters. The molecule has 1 aromatic heterocycles. The van der Waals surface area contributed by atoms with Crippen molar-refractivity contribution in [2.24, 2.45) is 0 Å². The zero-order valence-electron chi connectivity index (χ0n) is 21.3. The van der Waals surface area contributed by atoms with Crippen LogP contribution in [-0.4, -0.2) is 89.8 Å². The molecule has 10 heteroatoms. The summed E-state index contributed by atoms with van der Waals surface area (Å²) in [5.41, 5.74) is 2.64. The largest absolute Gasteiger partial charge is 0.390 e. The van der Waals surface area contributed by atoms with E-state index < -0.39 is 42.5 Å². The quantitative estimate of drug-likeness (QED) is 0.371.